The summed E-state index contributed by atoms with van der Waals surface area (Å²) in [7, 11) is 0. The number of nitrogens with zero attached hydrogens (tertiary/aromatic N) is 3. The van der Waals surface area contributed by atoms with Crippen molar-refractivity contribution >= 4 is 23.1 Å². The lowest BCUT2D eigenvalue weighted by Crippen LogP contribution is -1.93. The minimum atomic E-state index is -1.01. The van der Waals surface area contributed by atoms with Crippen LogP contribution in [0.15, 0.2) is 18.6 Å². The number of carbonyl (C=O) groups is 1. The molecule has 0 bridgehead atoms. The first kappa shape index (κ1) is 8.00. The van der Waals surface area contributed by atoms with Crippen LogP contribution in [0.5, 0.6) is 0 Å². The van der Waals surface area contributed by atoms with Gasteiger partial charge in [0.25, 0.3) is 0 Å². The summed E-state index contributed by atoms with van der Waals surface area (Å²) in [6.07, 6.45) is 2.65. The van der Waals surface area contributed by atoms with Crippen LogP contribution in [0.2, 0.25) is 5.15 Å². The van der Waals surface area contributed by atoms with Gasteiger partial charge < -0.3 is 5.11 Å². The van der Waals surface area contributed by atoms with Gasteiger partial charge in [0, 0.05) is 6.20 Å². The third-order valence-corrected chi connectivity index (χ3v) is 1.90. The normalized spacial score (nSPS) is 10.5. The van der Waals surface area contributed by atoms with Gasteiger partial charge in [-0.3, -0.25) is 0 Å². The van der Waals surface area contributed by atoms with Gasteiger partial charge in [0.05, 0.1) is 5.56 Å². The molecule has 0 aromatic carbocycles. The Bertz CT molecular complexity index is 480. The minimum absolute atomic E-state index is 0.141. The molecule has 0 aliphatic rings. The van der Waals surface area contributed by atoms with E-state index in [2.05, 4.69) is 10.1 Å². The second kappa shape index (κ2) is 2.70. The zero-order chi connectivity index (χ0) is 9.42. The SMILES string of the molecule is O=C(O)c1cc2c(Cl)ncnn2c1. The summed E-state index contributed by atoms with van der Waals surface area (Å²) in [6.45, 7) is 0. The molecule has 2 rings (SSSR count). The molecule has 2 aromatic heterocycles. The highest BCUT2D eigenvalue weighted by molar-refractivity contribution is 6.32. The second-order valence-electron chi connectivity index (χ2n) is 2.41. The first-order chi connectivity index (χ1) is 6.18. The fraction of sp³-hybridized carbons (Fsp3) is 0. The number of halogens is 1. The summed E-state index contributed by atoms with van der Waals surface area (Å²) in [5.41, 5.74) is 0.629. The first-order valence-corrected chi connectivity index (χ1v) is 3.78. The molecule has 0 aliphatic heterocycles. The fourth-order valence-corrected chi connectivity index (χ4v) is 1.20. The Morgan fingerprint density at radius 3 is 3.00 bits per heavy atom. The van der Waals surface area contributed by atoms with E-state index in [4.69, 9.17) is 16.7 Å². The van der Waals surface area contributed by atoms with Crippen LogP contribution < -0.4 is 0 Å². The maximum atomic E-state index is 10.6. The maximum Gasteiger partial charge on any atom is 0.337 e. The highest BCUT2D eigenvalue weighted by Crippen LogP contribution is 2.15. The molecule has 0 spiro atoms. The monoisotopic (exact) mass is 197 g/mol. The summed E-state index contributed by atoms with van der Waals surface area (Å²) in [6, 6.07) is 1.42. The molecule has 0 saturated carbocycles. The zero-order valence-electron chi connectivity index (χ0n) is 6.31. The standard InChI is InChI=1S/C7H4ClN3O2/c8-6-5-1-4(7(12)13)2-11(5)10-3-9-6/h1-3H,(H,12,13). The van der Waals surface area contributed by atoms with Gasteiger partial charge in [0.15, 0.2) is 5.15 Å². The number of hydrogen-bond donors (Lipinski definition) is 1. The van der Waals surface area contributed by atoms with Crippen molar-refractivity contribution in [1.29, 1.82) is 0 Å². The van der Waals surface area contributed by atoms with E-state index in [9.17, 15) is 4.79 Å². The summed E-state index contributed by atoms with van der Waals surface area (Å²) < 4.78 is 1.37. The van der Waals surface area contributed by atoms with E-state index in [0.717, 1.165) is 0 Å². The molecule has 66 valence electrons. The highest BCUT2D eigenvalue weighted by atomic mass is 35.5. The average Bonchev–Trinajstić information content (AvgIpc) is 2.49. The van der Waals surface area contributed by atoms with Crippen molar-refractivity contribution in [3.8, 4) is 0 Å². The molecule has 13 heavy (non-hydrogen) atoms. The van der Waals surface area contributed by atoms with Crippen molar-refractivity contribution in [3.05, 3.63) is 29.3 Å². The van der Waals surface area contributed by atoms with Crippen LogP contribution in [-0.2, 0) is 0 Å². The Kier molecular flexibility index (Phi) is 1.66. The van der Waals surface area contributed by atoms with Crippen LogP contribution in [0.3, 0.4) is 0 Å². The number of carboxylic acid groups (broad SMARTS) is 1. The van der Waals surface area contributed by atoms with Crippen molar-refractivity contribution in [3.63, 3.8) is 0 Å². The number of rotatable bonds is 1. The quantitative estimate of drug-likeness (QED) is 0.743. The van der Waals surface area contributed by atoms with Crippen LogP contribution in [0.4, 0.5) is 0 Å². The molecule has 2 heterocycles. The summed E-state index contributed by atoms with van der Waals surface area (Å²) >= 11 is 5.71. The fourth-order valence-electron chi connectivity index (χ4n) is 1.02. The van der Waals surface area contributed by atoms with Crippen LogP contribution in [0.25, 0.3) is 5.52 Å². The molecule has 0 unspecified atom stereocenters. The molecule has 0 radical (unpaired) electrons. The van der Waals surface area contributed by atoms with Crippen molar-refractivity contribution in [1.82, 2.24) is 14.6 Å². The Morgan fingerprint density at radius 2 is 2.38 bits per heavy atom. The summed E-state index contributed by atoms with van der Waals surface area (Å²) in [4.78, 5) is 14.3. The van der Waals surface area contributed by atoms with Gasteiger partial charge in [-0.05, 0) is 6.07 Å². The van der Waals surface area contributed by atoms with E-state index in [1.165, 1.54) is 23.1 Å². The first-order valence-electron chi connectivity index (χ1n) is 3.40. The lowest BCUT2D eigenvalue weighted by Gasteiger charge is -1.91. The largest absolute Gasteiger partial charge is 0.478 e. The Hall–Kier alpha value is -1.62. The predicted octanol–water partition coefficient (Wildman–Crippen LogP) is 1.08. The second-order valence-corrected chi connectivity index (χ2v) is 2.77. The van der Waals surface area contributed by atoms with Crippen molar-refractivity contribution in [2.45, 2.75) is 0 Å². The molecule has 0 amide bonds. The minimum Gasteiger partial charge on any atom is -0.478 e. The van der Waals surface area contributed by atoms with Crippen molar-refractivity contribution < 1.29 is 9.90 Å². The summed E-state index contributed by atoms with van der Waals surface area (Å²) in [5.74, 6) is -1.01. The molecule has 0 aliphatic carbocycles. The van der Waals surface area contributed by atoms with Gasteiger partial charge in [0.1, 0.15) is 11.8 Å². The van der Waals surface area contributed by atoms with Crippen LogP contribution in [0.1, 0.15) is 10.4 Å². The molecule has 0 fully saturated rings. The van der Waals surface area contributed by atoms with Crippen LogP contribution in [0, 0.1) is 0 Å². The molecule has 6 heteroatoms. The number of carboxylic acids is 1. The van der Waals surface area contributed by atoms with E-state index < -0.39 is 5.97 Å². The third kappa shape index (κ3) is 1.23. The van der Waals surface area contributed by atoms with Crippen LogP contribution >= 0.6 is 11.6 Å². The molecule has 0 atom stereocenters. The van der Waals surface area contributed by atoms with E-state index in [1.54, 1.807) is 0 Å². The van der Waals surface area contributed by atoms with Gasteiger partial charge in [0.2, 0.25) is 0 Å². The Balaban J connectivity index is 2.75. The van der Waals surface area contributed by atoms with E-state index in [1.807, 2.05) is 0 Å². The molecule has 0 saturated heterocycles. The molecular formula is C7H4ClN3O2. The maximum absolute atomic E-state index is 10.6. The van der Waals surface area contributed by atoms with Crippen LogP contribution in [-0.4, -0.2) is 25.7 Å². The van der Waals surface area contributed by atoms with Gasteiger partial charge in [-0.2, -0.15) is 5.10 Å². The number of aromatic nitrogens is 3. The molecule has 1 N–H and O–H groups in total. The van der Waals surface area contributed by atoms with Gasteiger partial charge >= 0.3 is 5.97 Å². The Morgan fingerprint density at radius 1 is 1.62 bits per heavy atom. The zero-order valence-corrected chi connectivity index (χ0v) is 7.06. The average molecular weight is 198 g/mol. The van der Waals surface area contributed by atoms with E-state index in [0.29, 0.717) is 5.52 Å². The molecule has 2 aromatic rings. The molecule has 5 nitrogen and oxygen atoms in total. The Labute approximate surface area is 77.6 Å². The number of fused-ring (bicyclic) bond motifs is 1. The number of aromatic carboxylic acids is 1. The van der Waals surface area contributed by atoms with Gasteiger partial charge in [-0.1, -0.05) is 11.6 Å². The smallest absolute Gasteiger partial charge is 0.337 e. The van der Waals surface area contributed by atoms with Crippen molar-refractivity contribution in [2.24, 2.45) is 0 Å². The van der Waals surface area contributed by atoms with Gasteiger partial charge in [-0.15, -0.1) is 0 Å². The lowest BCUT2D eigenvalue weighted by atomic mass is 10.3. The number of hydrogen-bond acceptors (Lipinski definition) is 3. The van der Waals surface area contributed by atoms with Gasteiger partial charge in [-0.25, -0.2) is 14.3 Å². The topological polar surface area (TPSA) is 67.5 Å². The summed E-state index contributed by atoms with van der Waals surface area (Å²) in [5, 5.41) is 12.7. The highest BCUT2D eigenvalue weighted by Gasteiger charge is 2.09. The third-order valence-electron chi connectivity index (χ3n) is 1.61. The van der Waals surface area contributed by atoms with E-state index in [-0.39, 0.29) is 10.7 Å². The lowest BCUT2D eigenvalue weighted by molar-refractivity contribution is 0.0697. The predicted molar refractivity (Wildman–Crippen MR) is 45.0 cm³/mol. The van der Waals surface area contributed by atoms with Crippen molar-refractivity contribution in [2.75, 3.05) is 0 Å². The molecular weight excluding hydrogens is 194 g/mol. The van der Waals surface area contributed by atoms with E-state index >= 15 is 0 Å².